The summed E-state index contributed by atoms with van der Waals surface area (Å²) in [5.74, 6) is 1.28. The molecule has 1 saturated heterocycles. The van der Waals surface area contributed by atoms with Gasteiger partial charge in [-0.2, -0.15) is 11.8 Å². The summed E-state index contributed by atoms with van der Waals surface area (Å²) >= 11 is 3.80. The van der Waals surface area contributed by atoms with Crippen molar-refractivity contribution in [3.8, 4) is 0 Å². The van der Waals surface area contributed by atoms with Crippen LogP contribution in [0.3, 0.4) is 0 Å². The molecule has 0 amide bonds. The van der Waals surface area contributed by atoms with E-state index in [-0.39, 0.29) is 11.5 Å². The van der Waals surface area contributed by atoms with E-state index in [1.165, 1.54) is 29.3 Å². The molecule has 2 unspecified atom stereocenters. The van der Waals surface area contributed by atoms with Gasteiger partial charge in [-0.1, -0.05) is 20.8 Å². The highest BCUT2D eigenvalue weighted by atomic mass is 32.2. The number of nitrogens with zero attached hydrogens (tertiary/aromatic N) is 1. The second-order valence-electron chi connectivity index (χ2n) is 5.80. The third-order valence-electron chi connectivity index (χ3n) is 3.17. The smallest absolute Gasteiger partial charge is 0.0944 e. The molecular weight excluding hydrogens is 248 g/mol. The van der Waals surface area contributed by atoms with Crippen LogP contribution in [0.4, 0.5) is 0 Å². The Kier molecular flexibility index (Phi) is 4.16. The van der Waals surface area contributed by atoms with E-state index in [0.717, 1.165) is 6.42 Å². The largest absolute Gasteiger partial charge is 0.326 e. The van der Waals surface area contributed by atoms with Crippen molar-refractivity contribution in [1.82, 2.24) is 4.98 Å². The first-order chi connectivity index (χ1) is 7.97. The molecule has 2 rings (SSSR count). The van der Waals surface area contributed by atoms with Gasteiger partial charge in [0.15, 0.2) is 0 Å². The molecule has 0 saturated carbocycles. The molecule has 0 bridgehead atoms. The molecule has 0 aliphatic carbocycles. The molecule has 0 spiro atoms. The summed E-state index contributed by atoms with van der Waals surface area (Å²) in [5, 5.41) is 4.04. The summed E-state index contributed by atoms with van der Waals surface area (Å²) < 4.78 is 0. The molecule has 0 aromatic carbocycles. The highest BCUT2D eigenvalue weighted by Crippen LogP contribution is 2.30. The van der Waals surface area contributed by atoms with Gasteiger partial charge >= 0.3 is 0 Å². The van der Waals surface area contributed by atoms with Crippen molar-refractivity contribution in [3.63, 3.8) is 0 Å². The molecule has 2 heterocycles. The predicted molar refractivity (Wildman–Crippen MR) is 78.0 cm³/mol. The molecule has 2 nitrogen and oxygen atoms in total. The molecule has 1 aromatic rings. The van der Waals surface area contributed by atoms with Crippen LogP contribution in [-0.4, -0.2) is 22.0 Å². The molecule has 4 heteroatoms. The van der Waals surface area contributed by atoms with Gasteiger partial charge in [0.25, 0.3) is 0 Å². The number of thioether (sulfide) groups is 1. The van der Waals surface area contributed by atoms with Crippen LogP contribution < -0.4 is 5.73 Å². The van der Waals surface area contributed by atoms with Crippen LogP contribution in [0.5, 0.6) is 0 Å². The van der Waals surface area contributed by atoms with Gasteiger partial charge in [0, 0.05) is 28.5 Å². The van der Waals surface area contributed by atoms with Gasteiger partial charge in [-0.25, -0.2) is 4.98 Å². The van der Waals surface area contributed by atoms with Crippen LogP contribution >= 0.6 is 23.1 Å². The highest BCUT2D eigenvalue weighted by molar-refractivity contribution is 8.00. The van der Waals surface area contributed by atoms with Gasteiger partial charge < -0.3 is 5.73 Å². The summed E-state index contributed by atoms with van der Waals surface area (Å²) in [6.07, 6.45) is 3.55. The zero-order valence-corrected chi connectivity index (χ0v) is 12.5. The van der Waals surface area contributed by atoms with Crippen molar-refractivity contribution in [1.29, 1.82) is 0 Å². The van der Waals surface area contributed by atoms with E-state index in [1.54, 1.807) is 11.3 Å². The average Bonchev–Trinajstić information content (AvgIpc) is 2.85. The fourth-order valence-electron chi connectivity index (χ4n) is 2.02. The number of aromatic nitrogens is 1. The van der Waals surface area contributed by atoms with Gasteiger partial charge in [-0.3, -0.25) is 0 Å². The normalized spacial score (nSPS) is 22.9. The Labute approximate surface area is 112 Å². The first-order valence-electron chi connectivity index (χ1n) is 6.29. The number of hydrogen-bond acceptors (Lipinski definition) is 4. The molecule has 1 fully saturated rings. The van der Waals surface area contributed by atoms with Crippen molar-refractivity contribution >= 4 is 23.1 Å². The minimum absolute atomic E-state index is 0.154. The van der Waals surface area contributed by atoms with Crippen molar-refractivity contribution in [2.24, 2.45) is 5.73 Å². The van der Waals surface area contributed by atoms with Crippen LogP contribution in [0.25, 0.3) is 0 Å². The third kappa shape index (κ3) is 3.46. The Morgan fingerprint density at radius 2 is 2.29 bits per heavy atom. The zero-order chi connectivity index (χ0) is 12.5. The minimum atomic E-state index is 0.154. The molecule has 1 aliphatic rings. The van der Waals surface area contributed by atoms with Crippen molar-refractivity contribution in [2.75, 3.05) is 5.75 Å². The van der Waals surface area contributed by atoms with Gasteiger partial charge in [0.05, 0.1) is 10.7 Å². The fraction of sp³-hybridized carbons (Fsp3) is 0.769. The highest BCUT2D eigenvalue weighted by Gasteiger charge is 2.24. The lowest BCUT2D eigenvalue weighted by Crippen LogP contribution is -2.33. The predicted octanol–water partition coefficient (Wildman–Crippen LogP) is 3.21. The molecular formula is C13H22N2S2. The number of hydrogen-bond donors (Lipinski definition) is 1. The maximum Gasteiger partial charge on any atom is 0.0944 e. The summed E-state index contributed by atoms with van der Waals surface area (Å²) in [5.41, 5.74) is 7.63. The van der Waals surface area contributed by atoms with E-state index in [1.807, 2.05) is 11.8 Å². The van der Waals surface area contributed by atoms with Crippen LogP contribution in [0, 0.1) is 0 Å². The van der Waals surface area contributed by atoms with E-state index < -0.39 is 0 Å². The Morgan fingerprint density at radius 3 is 2.82 bits per heavy atom. The quantitative estimate of drug-likeness (QED) is 0.916. The second-order valence-corrected chi connectivity index (χ2v) is 8.09. The number of nitrogens with two attached hydrogens (primary N) is 1. The van der Waals surface area contributed by atoms with Crippen LogP contribution in [0.2, 0.25) is 0 Å². The molecule has 1 aromatic heterocycles. The Bertz CT molecular complexity index is 362. The monoisotopic (exact) mass is 270 g/mol. The summed E-state index contributed by atoms with van der Waals surface area (Å²) in [4.78, 5) is 4.72. The van der Waals surface area contributed by atoms with Crippen LogP contribution in [-0.2, 0) is 11.8 Å². The van der Waals surface area contributed by atoms with Crippen molar-refractivity contribution in [2.45, 2.75) is 56.7 Å². The minimum Gasteiger partial charge on any atom is -0.326 e. The van der Waals surface area contributed by atoms with E-state index in [0.29, 0.717) is 5.25 Å². The zero-order valence-electron chi connectivity index (χ0n) is 10.9. The maximum atomic E-state index is 6.28. The first-order valence-corrected chi connectivity index (χ1v) is 8.22. The third-order valence-corrected chi connectivity index (χ3v) is 5.58. The van der Waals surface area contributed by atoms with Crippen molar-refractivity contribution in [3.05, 3.63) is 16.1 Å². The summed E-state index contributed by atoms with van der Waals surface area (Å²) in [6, 6.07) is 0.279. The Hall–Kier alpha value is -0.0600. The fourth-order valence-corrected chi connectivity index (χ4v) is 4.43. The summed E-state index contributed by atoms with van der Waals surface area (Å²) in [7, 11) is 0. The lowest BCUT2D eigenvalue weighted by atomic mass is 9.93. The van der Waals surface area contributed by atoms with E-state index in [2.05, 4.69) is 26.2 Å². The van der Waals surface area contributed by atoms with E-state index in [4.69, 9.17) is 10.7 Å². The summed E-state index contributed by atoms with van der Waals surface area (Å²) in [6.45, 7) is 6.62. The van der Waals surface area contributed by atoms with Crippen LogP contribution in [0.1, 0.15) is 44.3 Å². The van der Waals surface area contributed by atoms with Gasteiger partial charge in [0.1, 0.15) is 0 Å². The second kappa shape index (κ2) is 5.29. The lowest BCUT2D eigenvalue weighted by Gasteiger charge is -2.17. The SMILES string of the molecule is CC(C)(C)c1csc(CC(N)C2CCCS2)n1. The van der Waals surface area contributed by atoms with Crippen molar-refractivity contribution < 1.29 is 0 Å². The molecule has 17 heavy (non-hydrogen) atoms. The lowest BCUT2D eigenvalue weighted by molar-refractivity contribution is 0.564. The Balaban J connectivity index is 1.96. The van der Waals surface area contributed by atoms with E-state index >= 15 is 0 Å². The van der Waals surface area contributed by atoms with Gasteiger partial charge in [0.2, 0.25) is 0 Å². The molecule has 96 valence electrons. The molecule has 1 aliphatic heterocycles. The van der Waals surface area contributed by atoms with E-state index in [9.17, 15) is 0 Å². The molecule has 0 radical (unpaired) electrons. The topological polar surface area (TPSA) is 38.9 Å². The Morgan fingerprint density at radius 1 is 1.53 bits per heavy atom. The number of rotatable bonds is 3. The average molecular weight is 270 g/mol. The van der Waals surface area contributed by atoms with Crippen LogP contribution in [0.15, 0.2) is 5.38 Å². The van der Waals surface area contributed by atoms with Gasteiger partial charge in [-0.15, -0.1) is 11.3 Å². The van der Waals surface area contributed by atoms with Gasteiger partial charge in [-0.05, 0) is 18.6 Å². The first kappa shape index (κ1) is 13.4. The number of thiazole rings is 1. The molecule has 2 atom stereocenters. The maximum absolute atomic E-state index is 6.28. The molecule has 2 N–H and O–H groups in total. The standard InChI is InChI=1S/C13H22N2S2/c1-13(2,3)11-8-17-12(15-11)7-9(14)10-5-4-6-16-10/h8-10H,4-7,14H2,1-3H3.